The Hall–Kier alpha value is -2.50. The topological polar surface area (TPSA) is 139 Å². The molecular formula is C27H41N2O10P. The van der Waals surface area contributed by atoms with E-state index in [-0.39, 0.29) is 25.1 Å². The van der Waals surface area contributed by atoms with Crippen molar-refractivity contribution in [2.24, 2.45) is 11.8 Å². The standard InChI is InChI=1S/C27H41N2O10P/c1-17(2)25(30)37-23-15-34-22(24(23)38-26(31)18(3)4)16-35-40(33,39-20-10-8-7-9-11-20)28-19(5)27(32)36-21-12-13-29(6)14-21/h7-11,17-19,21-24H,12-16H2,1-6H3,(H,28,33)/t19-,21-,22?,23?,24?,40?/m0/s1. The van der Waals surface area contributed by atoms with Gasteiger partial charge >= 0.3 is 25.7 Å². The summed E-state index contributed by atoms with van der Waals surface area (Å²) in [5.74, 6) is -2.17. The smallest absolute Gasteiger partial charge is 0.459 e. The molecule has 2 fully saturated rings. The van der Waals surface area contributed by atoms with Gasteiger partial charge in [0.05, 0.1) is 25.0 Å². The number of hydrogen-bond acceptors (Lipinski definition) is 11. The van der Waals surface area contributed by atoms with Crippen LogP contribution in [0.2, 0.25) is 0 Å². The summed E-state index contributed by atoms with van der Waals surface area (Å²) >= 11 is 0. The second-order valence-corrected chi connectivity index (χ2v) is 12.4. The Morgan fingerprint density at radius 3 is 2.25 bits per heavy atom. The van der Waals surface area contributed by atoms with Crippen LogP contribution in [0.5, 0.6) is 5.75 Å². The zero-order valence-electron chi connectivity index (χ0n) is 23.9. The molecule has 0 amide bonds. The van der Waals surface area contributed by atoms with Gasteiger partial charge < -0.3 is 28.4 Å². The van der Waals surface area contributed by atoms with E-state index in [1.54, 1.807) is 58.0 Å². The van der Waals surface area contributed by atoms with E-state index in [9.17, 15) is 18.9 Å². The van der Waals surface area contributed by atoms with E-state index in [0.29, 0.717) is 13.0 Å². The van der Waals surface area contributed by atoms with E-state index in [2.05, 4.69) is 9.99 Å². The fourth-order valence-electron chi connectivity index (χ4n) is 4.03. The van der Waals surface area contributed by atoms with Gasteiger partial charge in [0, 0.05) is 13.1 Å². The Balaban J connectivity index is 1.73. The van der Waals surface area contributed by atoms with Crippen LogP contribution in [-0.4, -0.2) is 86.6 Å². The molecule has 0 bridgehead atoms. The van der Waals surface area contributed by atoms with Crippen molar-refractivity contribution in [1.29, 1.82) is 0 Å². The van der Waals surface area contributed by atoms with E-state index >= 15 is 0 Å². The summed E-state index contributed by atoms with van der Waals surface area (Å²) in [5, 5.41) is 2.66. The maximum atomic E-state index is 13.9. The molecule has 13 heteroatoms. The second kappa shape index (κ2) is 14.4. The number of ether oxygens (including phenoxy) is 4. The van der Waals surface area contributed by atoms with Crippen molar-refractivity contribution >= 4 is 25.7 Å². The van der Waals surface area contributed by atoms with Gasteiger partial charge in [0.15, 0.2) is 12.2 Å². The van der Waals surface area contributed by atoms with Crippen LogP contribution < -0.4 is 9.61 Å². The number of rotatable bonds is 13. The minimum absolute atomic E-state index is 0.0433. The quantitative estimate of drug-likeness (QED) is 0.207. The zero-order chi connectivity index (χ0) is 29.4. The number of para-hydroxylation sites is 1. The molecule has 2 aliphatic heterocycles. The van der Waals surface area contributed by atoms with E-state index in [1.165, 1.54) is 6.92 Å². The number of benzene rings is 1. The van der Waals surface area contributed by atoms with Crippen LogP contribution >= 0.6 is 7.75 Å². The van der Waals surface area contributed by atoms with Gasteiger partial charge in [-0.15, -0.1) is 0 Å². The zero-order valence-corrected chi connectivity index (χ0v) is 24.8. The van der Waals surface area contributed by atoms with Crippen LogP contribution in [0.4, 0.5) is 0 Å². The van der Waals surface area contributed by atoms with Crippen molar-refractivity contribution in [1.82, 2.24) is 9.99 Å². The molecule has 0 aromatic heterocycles. The first-order valence-electron chi connectivity index (χ1n) is 13.6. The highest BCUT2D eigenvalue weighted by Crippen LogP contribution is 2.45. The van der Waals surface area contributed by atoms with Crippen molar-refractivity contribution in [3.63, 3.8) is 0 Å². The minimum Gasteiger partial charge on any atom is -0.460 e. The molecule has 6 atom stereocenters. The van der Waals surface area contributed by atoms with Crippen LogP contribution in [-0.2, 0) is 42.4 Å². The average Bonchev–Trinajstić information content (AvgIpc) is 3.48. The van der Waals surface area contributed by atoms with Gasteiger partial charge in [-0.1, -0.05) is 45.9 Å². The highest BCUT2D eigenvalue weighted by atomic mass is 31.2. The molecule has 2 heterocycles. The minimum atomic E-state index is -4.19. The molecule has 2 saturated heterocycles. The first-order valence-corrected chi connectivity index (χ1v) is 15.1. The summed E-state index contributed by atoms with van der Waals surface area (Å²) in [6.45, 7) is 9.27. The van der Waals surface area contributed by atoms with Gasteiger partial charge in [-0.2, -0.15) is 5.09 Å². The lowest BCUT2D eigenvalue weighted by Gasteiger charge is -2.27. The lowest BCUT2D eigenvalue weighted by atomic mass is 10.1. The molecule has 1 aromatic carbocycles. The molecule has 1 aromatic rings. The maximum Gasteiger partial charge on any atom is 0.459 e. The Morgan fingerprint density at radius 1 is 1.00 bits per heavy atom. The largest absolute Gasteiger partial charge is 0.460 e. The van der Waals surface area contributed by atoms with Gasteiger partial charge in [-0.05, 0) is 32.5 Å². The molecule has 0 saturated carbocycles. The number of hydrogen-bond donors (Lipinski definition) is 1. The predicted molar refractivity (Wildman–Crippen MR) is 144 cm³/mol. The van der Waals surface area contributed by atoms with Crippen LogP contribution in [0.15, 0.2) is 30.3 Å². The van der Waals surface area contributed by atoms with E-state index in [4.69, 9.17) is 28.0 Å². The monoisotopic (exact) mass is 584 g/mol. The van der Waals surface area contributed by atoms with Gasteiger partial charge in [0.1, 0.15) is 24.0 Å². The van der Waals surface area contributed by atoms with Crippen LogP contribution in [0.25, 0.3) is 0 Å². The van der Waals surface area contributed by atoms with Gasteiger partial charge in [0.2, 0.25) is 0 Å². The van der Waals surface area contributed by atoms with Crippen molar-refractivity contribution in [2.45, 2.75) is 71.5 Å². The Kier molecular flexibility index (Phi) is 11.5. The van der Waals surface area contributed by atoms with Crippen molar-refractivity contribution < 1.29 is 46.9 Å². The Bertz CT molecular complexity index is 1050. The van der Waals surface area contributed by atoms with Gasteiger partial charge in [-0.25, -0.2) is 4.57 Å². The molecule has 4 unspecified atom stereocenters. The molecule has 224 valence electrons. The fraction of sp³-hybridized carbons (Fsp3) is 0.667. The number of esters is 3. The molecular weight excluding hydrogens is 543 g/mol. The second-order valence-electron chi connectivity index (χ2n) is 10.7. The highest BCUT2D eigenvalue weighted by molar-refractivity contribution is 7.52. The van der Waals surface area contributed by atoms with Crippen molar-refractivity contribution in [3.05, 3.63) is 30.3 Å². The number of carbonyl (C=O) groups excluding carboxylic acids is 3. The SMILES string of the molecule is CC(C)C(=O)OC1COC(COP(=O)(N[C@@H](C)C(=O)O[C@H]2CCN(C)C2)Oc2ccccc2)C1OC(=O)C(C)C. The van der Waals surface area contributed by atoms with Crippen LogP contribution in [0, 0.1) is 11.8 Å². The summed E-state index contributed by atoms with van der Waals surface area (Å²) in [6, 6.07) is 7.32. The van der Waals surface area contributed by atoms with Crippen LogP contribution in [0.3, 0.4) is 0 Å². The third-order valence-electron chi connectivity index (χ3n) is 6.38. The molecule has 3 rings (SSSR count). The molecule has 0 spiro atoms. The predicted octanol–water partition coefficient (Wildman–Crippen LogP) is 2.95. The number of carbonyl (C=O) groups is 3. The summed E-state index contributed by atoms with van der Waals surface area (Å²) in [7, 11) is -2.25. The number of likely N-dealkylation sites (N-methyl/N-ethyl adjacent to an activating group) is 1. The third-order valence-corrected chi connectivity index (χ3v) is 8.03. The van der Waals surface area contributed by atoms with Gasteiger partial charge in [-0.3, -0.25) is 18.9 Å². The lowest BCUT2D eigenvalue weighted by Crippen LogP contribution is -2.42. The fourth-order valence-corrected chi connectivity index (χ4v) is 5.53. The third kappa shape index (κ3) is 9.27. The first-order chi connectivity index (χ1) is 18.9. The molecule has 40 heavy (non-hydrogen) atoms. The Morgan fingerprint density at radius 2 is 1.65 bits per heavy atom. The average molecular weight is 585 g/mol. The van der Waals surface area contributed by atoms with Crippen LogP contribution in [0.1, 0.15) is 41.0 Å². The van der Waals surface area contributed by atoms with Gasteiger partial charge in [0.25, 0.3) is 0 Å². The molecule has 0 radical (unpaired) electrons. The maximum absolute atomic E-state index is 13.9. The number of nitrogens with one attached hydrogen (secondary N) is 1. The summed E-state index contributed by atoms with van der Waals surface area (Å²) in [4.78, 5) is 39.5. The summed E-state index contributed by atoms with van der Waals surface area (Å²) < 4.78 is 47.8. The van der Waals surface area contributed by atoms with Crippen molar-refractivity contribution in [3.8, 4) is 5.75 Å². The first kappa shape index (κ1) is 32.0. The number of nitrogens with zero attached hydrogens (tertiary/aromatic N) is 1. The van der Waals surface area contributed by atoms with E-state index in [1.807, 2.05) is 7.05 Å². The highest BCUT2D eigenvalue weighted by Gasteiger charge is 2.45. The Labute approximate surface area is 235 Å². The normalized spacial score (nSPS) is 25.4. The lowest BCUT2D eigenvalue weighted by molar-refractivity contribution is -0.170. The summed E-state index contributed by atoms with van der Waals surface area (Å²) in [5.41, 5.74) is 0. The molecule has 0 aliphatic carbocycles. The summed E-state index contributed by atoms with van der Waals surface area (Å²) in [6.07, 6.45) is -2.33. The van der Waals surface area contributed by atoms with Crippen molar-refractivity contribution in [2.75, 3.05) is 33.4 Å². The van der Waals surface area contributed by atoms with E-state index in [0.717, 1.165) is 6.54 Å². The number of likely N-dealkylation sites (tertiary alicyclic amines) is 1. The van der Waals surface area contributed by atoms with E-state index < -0.39 is 61.8 Å². The molecule has 2 aliphatic rings. The molecule has 1 N–H and O–H groups in total. The molecule has 12 nitrogen and oxygen atoms in total.